The van der Waals surface area contributed by atoms with E-state index in [4.69, 9.17) is 25.8 Å². The summed E-state index contributed by atoms with van der Waals surface area (Å²) >= 11 is 5.82. The molecule has 2 amide bonds. The fourth-order valence-electron chi connectivity index (χ4n) is 3.62. The van der Waals surface area contributed by atoms with Gasteiger partial charge in [0.05, 0.1) is 13.0 Å². The summed E-state index contributed by atoms with van der Waals surface area (Å²) < 4.78 is 16.3. The lowest BCUT2D eigenvalue weighted by Gasteiger charge is -2.17. The first kappa shape index (κ1) is 24.1. The van der Waals surface area contributed by atoms with Crippen LogP contribution in [-0.2, 0) is 19.1 Å². The SMILES string of the molecule is COc1ccccc1Oc1ccc(N2C[C@@H](C(=O)OCC(=O)Nc3ccc(Cl)cc3)CC2=O)cc1. The molecule has 3 aromatic rings. The van der Waals surface area contributed by atoms with Gasteiger partial charge in [0.15, 0.2) is 18.1 Å². The number of hydrogen-bond acceptors (Lipinski definition) is 6. The predicted molar refractivity (Wildman–Crippen MR) is 131 cm³/mol. The monoisotopic (exact) mass is 494 g/mol. The van der Waals surface area contributed by atoms with E-state index >= 15 is 0 Å². The van der Waals surface area contributed by atoms with Crippen LogP contribution in [0.4, 0.5) is 11.4 Å². The number of nitrogens with one attached hydrogen (secondary N) is 1. The number of amides is 2. The Morgan fingerprint density at radius 1 is 1.00 bits per heavy atom. The Bertz CT molecular complexity index is 1210. The number of methoxy groups -OCH3 is 1. The molecule has 4 rings (SSSR count). The lowest BCUT2D eigenvalue weighted by atomic mass is 10.1. The van der Waals surface area contributed by atoms with E-state index < -0.39 is 24.4 Å². The largest absolute Gasteiger partial charge is 0.493 e. The molecule has 9 heteroatoms. The van der Waals surface area contributed by atoms with Gasteiger partial charge in [0, 0.05) is 29.4 Å². The summed E-state index contributed by atoms with van der Waals surface area (Å²) in [6.45, 7) is -0.273. The molecule has 0 aliphatic carbocycles. The smallest absolute Gasteiger partial charge is 0.311 e. The van der Waals surface area contributed by atoms with Crippen molar-refractivity contribution >= 4 is 40.8 Å². The van der Waals surface area contributed by atoms with Gasteiger partial charge in [-0.15, -0.1) is 0 Å². The van der Waals surface area contributed by atoms with Crippen LogP contribution in [-0.4, -0.2) is 38.0 Å². The molecular weight excluding hydrogens is 472 g/mol. The topological polar surface area (TPSA) is 94.2 Å². The molecule has 35 heavy (non-hydrogen) atoms. The van der Waals surface area contributed by atoms with E-state index in [9.17, 15) is 14.4 Å². The second-order valence-corrected chi connectivity index (χ2v) is 8.25. The van der Waals surface area contributed by atoms with E-state index in [1.807, 2.05) is 12.1 Å². The molecule has 1 aliphatic rings. The third-order valence-corrected chi connectivity index (χ3v) is 5.63. The van der Waals surface area contributed by atoms with Crippen LogP contribution in [0.3, 0.4) is 0 Å². The number of benzene rings is 3. The van der Waals surface area contributed by atoms with Gasteiger partial charge < -0.3 is 24.4 Å². The van der Waals surface area contributed by atoms with Crippen LogP contribution in [0.5, 0.6) is 17.2 Å². The Hall–Kier alpha value is -4.04. The minimum atomic E-state index is -0.657. The first-order valence-corrected chi connectivity index (χ1v) is 11.2. The van der Waals surface area contributed by atoms with Gasteiger partial charge in [-0.25, -0.2) is 0 Å². The van der Waals surface area contributed by atoms with Gasteiger partial charge in [0.1, 0.15) is 5.75 Å². The number of esters is 1. The number of ether oxygens (including phenoxy) is 3. The van der Waals surface area contributed by atoms with Crippen LogP contribution in [0.15, 0.2) is 72.8 Å². The van der Waals surface area contributed by atoms with Crippen molar-refractivity contribution in [2.24, 2.45) is 5.92 Å². The number of rotatable bonds is 8. The fraction of sp³-hybridized carbons (Fsp3) is 0.192. The summed E-state index contributed by atoms with van der Waals surface area (Å²) in [7, 11) is 1.57. The highest BCUT2D eigenvalue weighted by Gasteiger charge is 2.36. The Labute approximate surface area is 207 Å². The van der Waals surface area contributed by atoms with Crippen molar-refractivity contribution in [1.82, 2.24) is 0 Å². The number of carbonyl (C=O) groups excluding carboxylic acids is 3. The molecule has 3 aromatic carbocycles. The van der Waals surface area contributed by atoms with Crippen LogP contribution >= 0.6 is 11.6 Å². The van der Waals surface area contributed by atoms with Crippen LogP contribution in [0, 0.1) is 5.92 Å². The molecular formula is C26H23ClN2O6. The maximum atomic E-state index is 12.5. The first-order chi connectivity index (χ1) is 16.9. The molecule has 0 unspecified atom stereocenters. The molecule has 180 valence electrons. The van der Waals surface area contributed by atoms with Gasteiger partial charge in [0.2, 0.25) is 5.91 Å². The maximum Gasteiger partial charge on any atom is 0.311 e. The summed E-state index contributed by atoms with van der Waals surface area (Å²) in [6.07, 6.45) is 0.0110. The molecule has 0 spiro atoms. The lowest BCUT2D eigenvalue weighted by molar-refractivity contribution is -0.151. The highest BCUT2D eigenvalue weighted by molar-refractivity contribution is 6.30. The molecule has 1 atom stereocenters. The number of hydrogen-bond donors (Lipinski definition) is 1. The second-order valence-electron chi connectivity index (χ2n) is 7.81. The van der Waals surface area contributed by atoms with Gasteiger partial charge in [-0.2, -0.15) is 0 Å². The van der Waals surface area contributed by atoms with Crippen LogP contribution in [0.1, 0.15) is 6.42 Å². The van der Waals surface area contributed by atoms with Gasteiger partial charge in [-0.1, -0.05) is 23.7 Å². The van der Waals surface area contributed by atoms with Crippen LogP contribution in [0.25, 0.3) is 0 Å². The van der Waals surface area contributed by atoms with Crippen molar-refractivity contribution in [2.45, 2.75) is 6.42 Å². The molecule has 1 heterocycles. The van der Waals surface area contributed by atoms with E-state index in [0.29, 0.717) is 33.6 Å². The Kier molecular flexibility index (Phi) is 7.52. The normalized spacial score (nSPS) is 15.0. The van der Waals surface area contributed by atoms with Crippen LogP contribution in [0.2, 0.25) is 5.02 Å². The summed E-state index contributed by atoms with van der Waals surface area (Å²) in [5.41, 5.74) is 1.17. The summed E-state index contributed by atoms with van der Waals surface area (Å²) in [5, 5.41) is 3.16. The minimum absolute atomic E-state index is 0.0110. The summed E-state index contributed by atoms with van der Waals surface area (Å²) in [4.78, 5) is 38.6. The molecule has 1 N–H and O–H groups in total. The average molecular weight is 495 g/mol. The Morgan fingerprint density at radius 2 is 1.69 bits per heavy atom. The van der Waals surface area contributed by atoms with Gasteiger partial charge in [-0.05, 0) is 60.7 Å². The number of anilines is 2. The molecule has 1 saturated heterocycles. The zero-order valence-corrected chi connectivity index (χ0v) is 19.7. The van der Waals surface area contributed by atoms with Crippen molar-refractivity contribution in [3.05, 3.63) is 77.8 Å². The number of halogens is 1. The number of para-hydroxylation sites is 2. The molecule has 1 fully saturated rings. The van der Waals surface area contributed by atoms with Crippen molar-refractivity contribution in [1.29, 1.82) is 0 Å². The van der Waals surface area contributed by atoms with E-state index in [-0.39, 0.29) is 18.9 Å². The van der Waals surface area contributed by atoms with Crippen molar-refractivity contribution < 1.29 is 28.6 Å². The first-order valence-electron chi connectivity index (χ1n) is 10.9. The molecule has 8 nitrogen and oxygen atoms in total. The van der Waals surface area contributed by atoms with E-state index in [0.717, 1.165) is 0 Å². The fourth-order valence-corrected chi connectivity index (χ4v) is 3.75. The maximum absolute atomic E-state index is 12.5. The Balaban J connectivity index is 1.30. The van der Waals surface area contributed by atoms with Gasteiger partial charge >= 0.3 is 5.97 Å². The van der Waals surface area contributed by atoms with Crippen LogP contribution < -0.4 is 19.7 Å². The van der Waals surface area contributed by atoms with Crippen molar-refractivity contribution in [3.8, 4) is 17.2 Å². The average Bonchev–Trinajstić information content (AvgIpc) is 3.26. The summed E-state index contributed by atoms with van der Waals surface area (Å²) in [6, 6.07) is 20.8. The standard InChI is InChI=1S/C26H23ClN2O6/c1-33-22-4-2-3-5-23(22)35-21-12-10-20(11-13-21)29-15-17(14-25(29)31)26(32)34-16-24(30)28-19-8-6-18(27)7-9-19/h2-13,17H,14-16H2,1H3,(H,28,30)/t17-/m0/s1. The third kappa shape index (κ3) is 6.10. The zero-order valence-electron chi connectivity index (χ0n) is 18.9. The molecule has 0 saturated carbocycles. The molecule has 0 bridgehead atoms. The van der Waals surface area contributed by atoms with Gasteiger partial charge in [-0.3, -0.25) is 14.4 Å². The van der Waals surface area contributed by atoms with Crippen molar-refractivity contribution in [3.63, 3.8) is 0 Å². The van der Waals surface area contributed by atoms with E-state index in [2.05, 4.69) is 5.32 Å². The molecule has 1 aliphatic heterocycles. The predicted octanol–water partition coefficient (Wildman–Crippen LogP) is 4.68. The number of carbonyl (C=O) groups is 3. The molecule has 0 radical (unpaired) electrons. The van der Waals surface area contributed by atoms with E-state index in [1.165, 1.54) is 4.90 Å². The number of nitrogens with zero attached hydrogens (tertiary/aromatic N) is 1. The van der Waals surface area contributed by atoms with E-state index in [1.54, 1.807) is 67.8 Å². The van der Waals surface area contributed by atoms with Gasteiger partial charge in [0.25, 0.3) is 5.91 Å². The minimum Gasteiger partial charge on any atom is -0.493 e. The highest BCUT2D eigenvalue weighted by Crippen LogP contribution is 2.33. The quantitative estimate of drug-likeness (QED) is 0.457. The molecule has 0 aromatic heterocycles. The second kappa shape index (κ2) is 10.9. The Morgan fingerprint density at radius 3 is 2.37 bits per heavy atom. The highest BCUT2D eigenvalue weighted by atomic mass is 35.5. The third-order valence-electron chi connectivity index (χ3n) is 5.38. The summed E-state index contributed by atoms with van der Waals surface area (Å²) in [5.74, 6) is -0.174. The lowest BCUT2D eigenvalue weighted by Crippen LogP contribution is -2.28. The van der Waals surface area contributed by atoms with Crippen molar-refractivity contribution in [2.75, 3.05) is 30.5 Å². The zero-order chi connectivity index (χ0) is 24.8.